The largest absolute Gasteiger partial charge is 0.477 e. The molecular weight excluding hydrogens is 266 g/mol. The number of aryl methyl sites for hydroxylation is 2. The average Bonchev–Trinajstić information content (AvgIpc) is 2.33. The summed E-state index contributed by atoms with van der Waals surface area (Å²) in [6.45, 7) is 3.54. The van der Waals surface area contributed by atoms with Gasteiger partial charge < -0.3 is 9.84 Å². The van der Waals surface area contributed by atoms with Crippen molar-refractivity contribution in [2.75, 3.05) is 0 Å². The predicted octanol–water partition coefficient (Wildman–Crippen LogP) is 3.84. The van der Waals surface area contributed by atoms with Crippen LogP contribution < -0.4 is 4.74 Å². The van der Waals surface area contributed by atoms with Crippen molar-refractivity contribution in [3.8, 4) is 11.6 Å². The summed E-state index contributed by atoms with van der Waals surface area (Å²) < 4.78 is 5.54. The zero-order valence-electron chi connectivity index (χ0n) is 10.5. The first-order valence-electron chi connectivity index (χ1n) is 5.62. The van der Waals surface area contributed by atoms with Crippen LogP contribution in [0.2, 0.25) is 5.02 Å². The van der Waals surface area contributed by atoms with Crippen molar-refractivity contribution in [1.29, 1.82) is 0 Å². The number of carboxylic acids is 1. The zero-order chi connectivity index (χ0) is 14.0. The van der Waals surface area contributed by atoms with E-state index in [1.54, 1.807) is 31.2 Å². The molecule has 5 heteroatoms. The third kappa shape index (κ3) is 2.85. The number of nitrogens with zero attached hydrogens (tertiary/aromatic N) is 1. The lowest BCUT2D eigenvalue weighted by atomic mass is 10.1. The molecule has 0 amide bonds. The van der Waals surface area contributed by atoms with Crippen molar-refractivity contribution in [1.82, 2.24) is 4.98 Å². The predicted molar refractivity (Wildman–Crippen MR) is 72.2 cm³/mol. The Bertz CT molecular complexity index is 641. The minimum Gasteiger partial charge on any atom is -0.477 e. The van der Waals surface area contributed by atoms with Gasteiger partial charge in [-0.3, -0.25) is 0 Å². The Balaban J connectivity index is 2.40. The second-order valence-corrected chi connectivity index (χ2v) is 4.53. The molecule has 1 aromatic carbocycles. The highest BCUT2D eigenvalue weighted by Gasteiger charge is 2.16. The molecule has 0 aliphatic heterocycles. The molecule has 1 aromatic heterocycles. The quantitative estimate of drug-likeness (QED) is 0.926. The molecule has 2 rings (SSSR count). The van der Waals surface area contributed by atoms with E-state index in [1.807, 2.05) is 6.92 Å². The fraction of sp³-hybridized carbons (Fsp3) is 0.143. The van der Waals surface area contributed by atoms with Gasteiger partial charge in [0.05, 0.1) is 0 Å². The van der Waals surface area contributed by atoms with Crippen LogP contribution in [0.5, 0.6) is 11.6 Å². The second-order valence-electron chi connectivity index (χ2n) is 4.13. The zero-order valence-corrected chi connectivity index (χ0v) is 11.2. The van der Waals surface area contributed by atoms with E-state index in [4.69, 9.17) is 16.3 Å². The van der Waals surface area contributed by atoms with Gasteiger partial charge in [-0.05, 0) is 49.2 Å². The van der Waals surface area contributed by atoms with E-state index in [2.05, 4.69) is 4.98 Å². The first-order valence-corrected chi connectivity index (χ1v) is 5.99. The topological polar surface area (TPSA) is 59.4 Å². The lowest BCUT2D eigenvalue weighted by Crippen LogP contribution is -2.04. The molecule has 0 unspecified atom stereocenters. The molecule has 1 N–H and O–H groups in total. The summed E-state index contributed by atoms with van der Waals surface area (Å²) in [4.78, 5) is 15.2. The van der Waals surface area contributed by atoms with Crippen molar-refractivity contribution in [2.45, 2.75) is 13.8 Å². The van der Waals surface area contributed by atoms with Crippen molar-refractivity contribution in [3.05, 3.63) is 52.2 Å². The van der Waals surface area contributed by atoms with E-state index in [1.165, 1.54) is 6.20 Å². The van der Waals surface area contributed by atoms with Gasteiger partial charge in [0.25, 0.3) is 0 Å². The number of aromatic nitrogens is 1. The van der Waals surface area contributed by atoms with E-state index in [0.717, 1.165) is 5.56 Å². The van der Waals surface area contributed by atoms with Crippen molar-refractivity contribution in [2.24, 2.45) is 0 Å². The Kier molecular flexibility index (Phi) is 3.71. The average molecular weight is 278 g/mol. The maximum absolute atomic E-state index is 11.2. The summed E-state index contributed by atoms with van der Waals surface area (Å²) in [5, 5.41) is 9.81. The number of aromatic carboxylic acids is 1. The van der Waals surface area contributed by atoms with Crippen LogP contribution in [0.25, 0.3) is 0 Å². The first-order chi connectivity index (χ1) is 8.99. The number of carboxylic acid groups (broad SMARTS) is 1. The Morgan fingerprint density at radius 3 is 2.63 bits per heavy atom. The smallest absolute Gasteiger partial charge is 0.341 e. The van der Waals surface area contributed by atoms with Crippen LogP contribution in [-0.4, -0.2) is 16.1 Å². The van der Waals surface area contributed by atoms with Gasteiger partial charge in [-0.1, -0.05) is 11.6 Å². The fourth-order valence-corrected chi connectivity index (χ4v) is 1.78. The highest BCUT2D eigenvalue weighted by molar-refractivity contribution is 6.31. The standard InChI is InChI=1S/C14H12ClNO3/c1-8-5-6-16-13(12(8)14(17)18)19-10-3-4-11(15)9(2)7-10/h3-7H,1-2H3,(H,17,18). The van der Waals surface area contributed by atoms with Crippen LogP contribution in [0.1, 0.15) is 21.5 Å². The molecule has 0 spiro atoms. The Labute approximate surface area is 115 Å². The molecule has 19 heavy (non-hydrogen) atoms. The number of benzene rings is 1. The monoisotopic (exact) mass is 277 g/mol. The molecule has 98 valence electrons. The first kappa shape index (κ1) is 13.4. The van der Waals surface area contributed by atoms with Gasteiger partial charge in [-0.25, -0.2) is 9.78 Å². The molecule has 0 bridgehead atoms. The second kappa shape index (κ2) is 5.28. The molecule has 0 atom stereocenters. The van der Waals surface area contributed by atoms with Crippen LogP contribution in [0.4, 0.5) is 0 Å². The normalized spacial score (nSPS) is 10.3. The van der Waals surface area contributed by atoms with Gasteiger partial charge in [-0.15, -0.1) is 0 Å². The SMILES string of the molecule is Cc1cc(Oc2nccc(C)c2C(=O)O)ccc1Cl. The number of rotatable bonds is 3. The summed E-state index contributed by atoms with van der Waals surface area (Å²) in [7, 11) is 0. The molecule has 0 radical (unpaired) electrons. The molecule has 0 saturated heterocycles. The maximum atomic E-state index is 11.2. The van der Waals surface area contributed by atoms with Crippen molar-refractivity contribution < 1.29 is 14.6 Å². The van der Waals surface area contributed by atoms with Gasteiger partial charge in [0.15, 0.2) is 0 Å². The number of halogens is 1. The Morgan fingerprint density at radius 1 is 1.26 bits per heavy atom. The number of hydrogen-bond acceptors (Lipinski definition) is 3. The van der Waals surface area contributed by atoms with Gasteiger partial charge in [0, 0.05) is 11.2 Å². The van der Waals surface area contributed by atoms with Crippen LogP contribution in [0, 0.1) is 13.8 Å². The third-order valence-electron chi connectivity index (χ3n) is 2.68. The Morgan fingerprint density at radius 2 is 2.00 bits per heavy atom. The van der Waals surface area contributed by atoms with Crippen LogP contribution >= 0.6 is 11.6 Å². The van der Waals surface area contributed by atoms with Crippen LogP contribution in [-0.2, 0) is 0 Å². The molecule has 0 fully saturated rings. The van der Waals surface area contributed by atoms with Gasteiger partial charge in [0.2, 0.25) is 5.88 Å². The number of pyridine rings is 1. The minimum absolute atomic E-state index is 0.0649. The number of ether oxygens (including phenoxy) is 1. The lowest BCUT2D eigenvalue weighted by Gasteiger charge is -2.10. The number of carbonyl (C=O) groups is 1. The maximum Gasteiger partial charge on any atom is 0.341 e. The molecular formula is C14H12ClNO3. The van der Waals surface area contributed by atoms with E-state index in [-0.39, 0.29) is 11.4 Å². The van der Waals surface area contributed by atoms with E-state index in [9.17, 15) is 9.90 Å². The van der Waals surface area contributed by atoms with E-state index in [0.29, 0.717) is 16.3 Å². The highest BCUT2D eigenvalue weighted by Crippen LogP contribution is 2.28. The van der Waals surface area contributed by atoms with Crippen LogP contribution in [0.3, 0.4) is 0 Å². The molecule has 1 heterocycles. The Hall–Kier alpha value is -2.07. The minimum atomic E-state index is -1.06. The van der Waals surface area contributed by atoms with Gasteiger partial charge in [0.1, 0.15) is 11.3 Å². The fourth-order valence-electron chi connectivity index (χ4n) is 1.66. The summed E-state index contributed by atoms with van der Waals surface area (Å²) in [6.07, 6.45) is 1.51. The van der Waals surface area contributed by atoms with E-state index >= 15 is 0 Å². The number of hydrogen-bond donors (Lipinski definition) is 1. The lowest BCUT2D eigenvalue weighted by molar-refractivity contribution is 0.0692. The summed E-state index contributed by atoms with van der Waals surface area (Å²) >= 11 is 5.93. The molecule has 0 aliphatic rings. The molecule has 4 nitrogen and oxygen atoms in total. The molecule has 0 saturated carbocycles. The highest BCUT2D eigenvalue weighted by atomic mass is 35.5. The summed E-state index contributed by atoms with van der Waals surface area (Å²) in [5.74, 6) is -0.483. The van der Waals surface area contributed by atoms with Crippen molar-refractivity contribution in [3.63, 3.8) is 0 Å². The van der Waals surface area contributed by atoms with Crippen LogP contribution in [0.15, 0.2) is 30.5 Å². The molecule has 0 aliphatic carbocycles. The van der Waals surface area contributed by atoms with Gasteiger partial charge in [-0.2, -0.15) is 0 Å². The van der Waals surface area contributed by atoms with E-state index < -0.39 is 5.97 Å². The third-order valence-corrected chi connectivity index (χ3v) is 3.11. The summed E-state index contributed by atoms with van der Waals surface area (Å²) in [6, 6.07) is 6.73. The van der Waals surface area contributed by atoms with Crippen molar-refractivity contribution >= 4 is 17.6 Å². The molecule has 2 aromatic rings. The summed E-state index contributed by atoms with van der Waals surface area (Å²) in [5.41, 5.74) is 1.52. The van der Waals surface area contributed by atoms with Gasteiger partial charge >= 0.3 is 5.97 Å².